The quantitative estimate of drug-likeness (QED) is 0.765. The molecule has 2 amide bonds. The number of benzene rings is 2. The number of hydrogen-bond acceptors (Lipinski definition) is 2. The van der Waals surface area contributed by atoms with Crippen LogP contribution in [0.4, 0.5) is 5.69 Å². The second-order valence-electron chi connectivity index (χ2n) is 7.64. The van der Waals surface area contributed by atoms with Crippen LogP contribution in [0.2, 0.25) is 0 Å². The van der Waals surface area contributed by atoms with Crippen LogP contribution in [0.3, 0.4) is 0 Å². The Kier molecular flexibility index (Phi) is 4.38. The van der Waals surface area contributed by atoms with Crippen molar-refractivity contribution in [2.75, 3.05) is 5.32 Å². The van der Waals surface area contributed by atoms with E-state index in [1.54, 1.807) is 6.92 Å². The molecule has 25 heavy (non-hydrogen) atoms. The van der Waals surface area contributed by atoms with Crippen LogP contribution in [0.5, 0.6) is 0 Å². The summed E-state index contributed by atoms with van der Waals surface area (Å²) < 4.78 is 0. The largest absolute Gasteiger partial charge is 0.344 e. The Morgan fingerprint density at radius 3 is 2.40 bits per heavy atom. The summed E-state index contributed by atoms with van der Waals surface area (Å²) in [7, 11) is 0. The molecule has 2 N–H and O–H groups in total. The van der Waals surface area contributed by atoms with Gasteiger partial charge < -0.3 is 10.6 Å². The van der Waals surface area contributed by atoms with E-state index >= 15 is 0 Å². The van der Waals surface area contributed by atoms with Gasteiger partial charge in [-0.05, 0) is 47.7 Å². The molecule has 1 aliphatic carbocycles. The second-order valence-corrected chi connectivity index (χ2v) is 7.64. The molecule has 0 saturated carbocycles. The summed E-state index contributed by atoms with van der Waals surface area (Å²) in [5.41, 5.74) is 5.25. The van der Waals surface area contributed by atoms with Gasteiger partial charge in [-0.3, -0.25) is 9.59 Å². The lowest BCUT2D eigenvalue weighted by molar-refractivity contribution is -0.131. The van der Waals surface area contributed by atoms with Crippen LogP contribution < -0.4 is 10.6 Å². The third-order valence-electron chi connectivity index (χ3n) is 4.48. The van der Waals surface area contributed by atoms with E-state index in [0.717, 1.165) is 12.1 Å². The van der Waals surface area contributed by atoms with E-state index in [9.17, 15) is 9.59 Å². The standard InChI is InChI=1S/C21H24N2O2/c1-13(22-20(25)21(2,3)4)19(24)23-16-9-10-18-15(12-16)11-14-7-5-6-8-17(14)18/h5-10,12-13H,11H2,1-4H3,(H,22,25)(H,23,24). The molecule has 4 nitrogen and oxygen atoms in total. The zero-order valence-electron chi connectivity index (χ0n) is 15.1. The smallest absolute Gasteiger partial charge is 0.246 e. The Hall–Kier alpha value is -2.62. The molecule has 0 heterocycles. The van der Waals surface area contributed by atoms with E-state index in [2.05, 4.69) is 28.8 Å². The third kappa shape index (κ3) is 3.58. The fourth-order valence-electron chi connectivity index (χ4n) is 2.95. The molecule has 3 rings (SSSR count). The predicted octanol–water partition coefficient (Wildman–Crippen LogP) is 3.75. The summed E-state index contributed by atoms with van der Waals surface area (Å²) in [4.78, 5) is 24.4. The lowest BCUT2D eigenvalue weighted by atomic mass is 9.95. The van der Waals surface area contributed by atoms with E-state index in [-0.39, 0.29) is 11.8 Å². The minimum atomic E-state index is -0.586. The molecule has 130 valence electrons. The molecule has 1 aliphatic rings. The van der Waals surface area contributed by atoms with Gasteiger partial charge >= 0.3 is 0 Å². The summed E-state index contributed by atoms with van der Waals surface area (Å²) in [5, 5.41) is 5.66. The number of amides is 2. The molecule has 1 unspecified atom stereocenters. The number of carbonyl (C=O) groups excluding carboxylic acids is 2. The molecule has 0 radical (unpaired) electrons. The first-order valence-electron chi connectivity index (χ1n) is 8.59. The Morgan fingerprint density at radius 2 is 1.68 bits per heavy atom. The van der Waals surface area contributed by atoms with Crippen molar-refractivity contribution in [2.45, 2.75) is 40.2 Å². The van der Waals surface area contributed by atoms with Crippen molar-refractivity contribution >= 4 is 17.5 Å². The normalized spacial score (nSPS) is 13.6. The maximum atomic E-state index is 12.4. The van der Waals surface area contributed by atoms with Crippen molar-refractivity contribution in [1.29, 1.82) is 0 Å². The molecule has 0 aliphatic heterocycles. The molecular weight excluding hydrogens is 312 g/mol. The van der Waals surface area contributed by atoms with Crippen molar-refractivity contribution in [3.63, 3.8) is 0 Å². The van der Waals surface area contributed by atoms with Gasteiger partial charge in [0, 0.05) is 11.1 Å². The molecule has 2 aromatic rings. The van der Waals surface area contributed by atoms with E-state index in [1.807, 2.05) is 45.0 Å². The zero-order chi connectivity index (χ0) is 18.2. The van der Waals surface area contributed by atoms with Crippen LogP contribution in [0.15, 0.2) is 42.5 Å². The first kappa shape index (κ1) is 17.2. The van der Waals surface area contributed by atoms with Gasteiger partial charge in [-0.25, -0.2) is 0 Å². The third-order valence-corrected chi connectivity index (χ3v) is 4.48. The Morgan fingerprint density at radius 1 is 1.00 bits per heavy atom. The summed E-state index contributed by atoms with van der Waals surface area (Å²) >= 11 is 0. The number of fused-ring (bicyclic) bond motifs is 3. The molecule has 0 saturated heterocycles. The van der Waals surface area contributed by atoms with Crippen LogP contribution in [0.1, 0.15) is 38.8 Å². The van der Waals surface area contributed by atoms with Gasteiger partial charge in [0.2, 0.25) is 11.8 Å². The lowest BCUT2D eigenvalue weighted by Gasteiger charge is -2.21. The Balaban J connectivity index is 1.69. The summed E-state index contributed by atoms with van der Waals surface area (Å²) in [6, 6.07) is 13.8. The average molecular weight is 336 g/mol. The van der Waals surface area contributed by atoms with E-state index in [1.165, 1.54) is 22.3 Å². The van der Waals surface area contributed by atoms with Crippen LogP contribution >= 0.6 is 0 Å². The molecular formula is C21H24N2O2. The van der Waals surface area contributed by atoms with Crippen molar-refractivity contribution in [1.82, 2.24) is 5.32 Å². The van der Waals surface area contributed by atoms with Gasteiger partial charge in [0.1, 0.15) is 6.04 Å². The Bertz CT molecular complexity index is 834. The highest BCUT2D eigenvalue weighted by atomic mass is 16.2. The van der Waals surface area contributed by atoms with E-state index in [4.69, 9.17) is 0 Å². The van der Waals surface area contributed by atoms with Crippen LogP contribution in [-0.4, -0.2) is 17.9 Å². The predicted molar refractivity (Wildman–Crippen MR) is 100 cm³/mol. The molecule has 4 heteroatoms. The average Bonchev–Trinajstić information content (AvgIpc) is 2.91. The number of hydrogen-bond donors (Lipinski definition) is 2. The number of anilines is 1. The highest BCUT2D eigenvalue weighted by Gasteiger charge is 2.25. The highest BCUT2D eigenvalue weighted by molar-refractivity contribution is 5.98. The fraction of sp³-hybridized carbons (Fsp3) is 0.333. The maximum absolute atomic E-state index is 12.4. The molecule has 2 aromatic carbocycles. The summed E-state index contributed by atoms with van der Waals surface area (Å²) in [6.45, 7) is 7.17. The Labute approximate surface area is 148 Å². The van der Waals surface area contributed by atoms with Crippen LogP contribution in [-0.2, 0) is 16.0 Å². The van der Waals surface area contributed by atoms with Gasteiger partial charge in [-0.1, -0.05) is 51.1 Å². The van der Waals surface area contributed by atoms with Crippen LogP contribution in [0.25, 0.3) is 11.1 Å². The minimum absolute atomic E-state index is 0.139. The molecule has 0 aromatic heterocycles. The summed E-state index contributed by atoms with van der Waals surface area (Å²) in [6.07, 6.45) is 0.880. The molecule has 0 spiro atoms. The first-order valence-corrected chi connectivity index (χ1v) is 8.59. The van der Waals surface area contributed by atoms with E-state index < -0.39 is 11.5 Å². The lowest BCUT2D eigenvalue weighted by Crippen LogP contribution is -2.46. The number of carbonyl (C=O) groups is 2. The van der Waals surface area contributed by atoms with Gasteiger partial charge in [0.05, 0.1) is 0 Å². The SMILES string of the molecule is CC(NC(=O)C(C)(C)C)C(=O)Nc1ccc2c(c1)Cc1ccccc1-2. The fourth-order valence-corrected chi connectivity index (χ4v) is 2.95. The number of nitrogens with one attached hydrogen (secondary N) is 2. The monoisotopic (exact) mass is 336 g/mol. The van der Waals surface area contributed by atoms with Crippen LogP contribution in [0, 0.1) is 5.41 Å². The minimum Gasteiger partial charge on any atom is -0.344 e. The van der Waals surface area contributed by atoms with Gasteiger partial charge in [-0.15, -0.1) is 0 Å². The van der Waals surface area contributed by atoms with Gasteiger partial charge in [0.15, 0.2) is 0 Å². The van der Waals surface area contributed by atoms with E-state index in [0.29, 0.717) is 0 Å². The zero-order valence-corrected chi connectivity index (χ0v) is 15.1. The highest BCUT2D eigenvalue weighted by Crippen LogP contribution is 2.37. The second kappa shape index (κ2) is 6.36. The van der Waals surface area contributed by atoms with Crippen molar-refractivity contribution < 1.29 is 9.59 Å². The van der Waals surface area contributed by atoms with Gasteiger partial charge in [-0.2, -0.15) is 0 Å². The topological polar surface area (TPSA) is 58.2 Å². The molecule has 0 fully saturated rings. The van der Waals surface area contributed by atoms with Crippen molar-refractivity contribution in [3.05, 3.63) is 53.6 Å². The van der Waals surface area contributed by atoms with Crippen molar-refractivity contribution in [3.8, 4) is 11.1 Å². The summed E-state index contributed by atoms with van der Waals surface area (Å²) in [5.74, 6) is -0.354. The first-order chi connectivity index (χ1) is 11.8. The molecule has 0 bridgehead atoms. The maximum Gasteiger partial charge on any atom is 0.246 e. The van der Waals surface area contributed by atoms with Crippen molar-refractivity contribution in [2.24, 2.45) is 5.41 Å². The molecule has 1 atom stereocenters. The van der Waals surface area contributed by atoms with Gasteiger partial charge in [0.25, 0.3) is 0 Å². The number of rotatable bonds is 3.